The van der Waals surface area contributed by atoms with Crippen molar-refractivity contribution in [3.05, 3.63) is 116 Å². The molecule has 0 fully saturated rings. The van der Waals surface area contributed by atoms with E-state index in [-0.39, 0.29) is 33.8 Å². The van der Waals surface area contributed by atoms with E-state index in [0.717, 1.165) is 32.0 Å². The highest BCUT2D eigenvalue weighted by Gasteiger charge is 2.26. The van der Waals surface area contributed by atoms with Gasteiger partial charge in [0.1, 0.15) is 0 Å². The standard InChI is InChI=1S/C36H34O8S/c1-19-9-10-20(2)31(21(19)3)45-32-23(5)22(4)29(43-35(39)27-15-11-25(12-16-27)33(37)41-7)30(24(32)6)44-36(40)28-17-13-26(14-18-28)34(38)42-8/h9-18H,1-8H3. The van der Waals surface area contributed by atoms with E-state index in [0.29, 0.717) is 11.1 Å². The third-order valence-corrected chi connectivity index (χ3v) is 9.33. The molecule has 0 aliphatic carbocycles. The lowest BCUT2D eigenvalue weighted by molar-refractivity contribution is 0.0591. The molecule has 0 unspecified atom stereocenters. The molecule has 232 valence electrons. The zero-order chi connectivity index (χ0) is 33.0. The Bertz CT molecular complexity index is 1810. The molecule has 0 amide bonds. The predicted octanol–water partition coefficient (Wildman–Crippen LogP) is 7.70. The van der Waals surface area contributed by atoms with E-state index in [1.54, 1.807) is 18.7 Å². The van der Waals surface area contributed by atoms with Crippen molar-refractivity contribution < 1.29 is 38.1 Å². The molecule has 4 rings (SSSR count). The molecule has 9 heteroatoms. The van der Waals surface area contributed by atoms with Crippen LogP contribution in [-0.2, 0) is 9.47 Å². The number of hydrogen-bond acceptors (Lipinski definition) is 9. The first-order chi connectivity index (χ1) is 21.4. The molecule has 4 aromatic carbocycles. The minimum Gasteiger partial charge on any atom is -0.465 e. The summed E-state index contributed by atoms with van der Waals surface area (Å²) in [6.07, 6.45) is 0. The van der Waals surface area contributed by atoms with Gasteiger partial charge in [0.15, 0.2) is 11.5 Å². The molecular formula is C36H34O8S. The van der Waals surface area contributed by atoms with E-state index < -0.39 is 23.9 Å². The molecule has 0 saturated heterocycles. The number of carbonyl (C=O) groups excluding carboxylic acids is 4. The first kappa shape index (κ1) is 33.0. The summed E-state index contributed by atoms with van der Waals surface area (Å²) in [5.74, 6) is -2.25. The summed E-state index contributed by atoms with van der Waals surface area (Å²) in [5.41, 5.74) is 6.46. The normalized spacial score (nSPS) is 10.7. The fraction of sp³-hybridized carbons (Fsp3) is 0.222. The zero-order valence-corrected chi connectivity index (χ0v) is 27.3. The van der Waals surface area contributed by atoms with Crippen molar-refractivity contribution in [1.82, 2.24) is 0 Å². The van der Waals surface area contributed by atoms with Crippen LogP contribution < -0.4 is 9.47 Å². The number of methoxy groups -OCH3 is 2. The van der Waals surface area contributed by atoms with E-state index >= 15 is 0 Å². The lowest BCUT2D eigenvalue weighted by atomic mass is 10.0. The largest absolute Gasteiger partial charge is 0.465 e. The highest BCUT2D eigenvalue weighted by Crippen LogP contribution is 2.47. The van der Waals surface area contributed by atoms with Crippen molar-refractivity contribution in [1.29, 1.82) is 0 Å². The van der Waals surface area contributed by atoms with Gasteiger partial charge in [0, 0.05) is 15.4 Å². The number of ether oxygens (including phenoxy) is 4. The van der Waals surface area contributed by atoms with Crippen LogP contribution in [0.25, 0.3) is 0 Å². The molecule has 0 aliphatic rings. The maximum absolute atomic E-state index is 13.4. The van der Waals surface area contributed by atoms with Gasteiger partial charge in [-0.25, -0.2) is 19.2 Å². The van der Waals surface area contributed by atoms with Crippen LogP contribution in [0.4, 0.5) is 0 Å². The summed E-state index contributed by atoms with van der Waals surface area (Å²) >= 11 is 1.57. The molecule has 0 N–H and O–H groups in total. The zero-order valence-electron chi connectivity index (χ0n) is 26.4. The first-order valence-corrected chi connectivity index (χ1v) is 14.9. The Kier molecular flexibility index (Phi) is 10.1. The van der Waals surface area contributed by atoms with E-state index in [4.69, 9.17) is 18.9 Å². The Morgan fingerprint density at radius 1 is 0.444 bits per heavy atom. The van der Waals surface area contributed by atoms with Gasteiger partial charge in [0.05, 0.1) is 36.5 Å². The summed E-state index contributed by atoms with van der Waals surface area (Å²) in [6.45, 7) is 11.7. The lowest BCUT2D eigenvalue weighted by Crippen LogP contribution is -2.16. The predicted molar refractivity (Wildman–Crippen MR) is 171 cm³/mol. The average molecular weight is 627 g/mol. The Labute approximate surface area is 266 Å². The van der Waals surface area contributed by atoms with Crippen molar-refractivity contribution in [3.63, 3.8) is 0 Å². The van der Waals surface area contributed by atoms with Gasteiger partial charge in [0.25, 0.3) is 0 Å². The lowest BCUT2D eigenvalue weighted by Gasteiger charge is -2.22. The van der Waals surface area contributed by atoms with Gasteiger partial charge >= 0.3 is 23.9 Å². The van der Waals surface area contributed by atoms with Crippen molar-refractivity contribution in [3.8, 4) is 11.5 Å². The van der Waals surface area contributed by atoms with E-state index in [9.17, 15) is 19.2 Å². The molecule has 0 aromatic heterocycles. The molecule has 0 aliphatic heterocycles. The van der Waals surface area contributed by atoms with Gasteiger partial charge in [-0.1, -0.05) is 23.9 Å². The molecular weight excluding hydrogens is 592 g/mol. The van der Waals surface area contributed by atoms with Gasteiger partial charge in [-0.05, 0) is 118 Å². The third kappa shape index (κ3) is 6.94. The van der Waals surface area contributed by atoms with Crippen LogP contribution in [0.3, 0.4) is 0 Å². The SMILES string of the molecule is COC(=O)c1ccc(C(=O)Oc2c(C)c(C)c(Sc3c(C)ccc(C)c3C)c(C)c2OC(=O)c2ccc(C(=O)OC)cc2)cc1. The van der Waals surface area contributed by atoms with Crippen LogP contribution in [0.15, 0.2) is 70.5 Å². The maximum Gasteiger partial charge on any atom is 0.343 e. The molecule has 0 radical (unpaired) electrons. The molecule has 0 spiro atoms. The smallest absolute Gasteiger partial charge is 0.343 e. The van der Waals surface area contributed by atoms with Crippen LogP contribution >= 0.6 is 11.8 Å². The molecule has 8 nitrogen and oxygen atoms in total. The van der Waals surface area contributed by atoms with Crippen molar-refractivity contribution >= 4 is 35.6 Å². The second-order valence-electron chi connectivity index (χ2n) is 10.5. The third-order valence-electron chi connectivity index (χ3n) is 7.68. The summed E-state index contributed by atoms with van der Waals surface area (Å²) in [7, 11) is 2.55. The summed E-state index contributed by atoms with van der Waals surface area (Å²) < 4.78 is 21.4. The fourth-order valence-electron chi connectivity index (χ4n) is 4.67. The number of rotatable bonds is 8. The monoisotopic (exact) mass is 626 g/mol. The fourth-order valence-corrected chi connectivity index (χ4v) is 5.97. The van der Waals surface area contributed by atoms with E-state index in [1.807, 2.05) is 20.8 Å². The highest BCUT2D eigenvalue weighted by molar-refractivity contribution is 7.99. The number of benzene rings is 4. The Balaban J connectivity index is 1.80. The summed E-state index contributed by atoms with van der Waals surface area (Å²) in [6, 6.07) is 15.9. The van der Waals surface area contributed by atoms with Crippen LogP contribution in [0.2, 0.25) is 0 Å². The minimum absolute atomic E-state index is 0.102. The Morgan fingerprint density at radius 3 is 1.24 bits per heavy atom. The maximum atomic E-state index is 13.4. The van der Waals surface area contributed by atoms with Crippen molar-refractivity contribution in [2.45, 2.75) is 51.3 Å². The number of esters is 4. The molecule has 0 saturated carbocycles. The summed E-state index contributed by atoms with van der Waals surface area (Å²) in [4.78, 5) is 52.5. The molecule has 0 heterocycles. The van der Waals surface area contributed by atoms with E-state index in [1.165, 1.54) is 62.8 Å². The van der Waals surface area contributed by atoms with Gasteiger partial charge < -0.3 is 18.9 Å². The number of aryl methyl sites for hydroxylation is 2. The second-order valence-corrected chi connectivity index (χ2v) is 11.6. The van der Waals surface area contributed by atoms with Gasteiger partial charge in [-0.3, -0.25) is 0 Å². The molecule has 4 aromatic rings. The minimum atomic E-state index is -0.698. The number of hydrogen-bond donors (Lipinski definition) is 0. The molecule has 45 heavy (non-hydrogen) atoms. The van der Waals surface area contributed by atoms with Gasteiger partial charge in [0.2, 0.25) is 0 Å². The van der Waals surface area contributed by atoms with Gasteiger partial charge in [-0.15, -0.1) is 0 Å². The van der Waals surface area contributed by atoms with Crippen LogP contribution in [0, 0.1) is 41.5 Å². The topological polar surface area (TPSA) is 105 Å². The van der Waals surface area contributed by atoms with Crippen molar-refractivity contribution in [2.24, 2.45) is 0 Å². The average Bonchev–Trinajstić information content (AvgIpc) is 3.05. The van der Waals surface area contributed by atoms with E-state index in [2.05, 4.69) is 26.0 Å². The number of carbonyl (C=O) groups is 4. The summed E-state index contributed by atoms with van der Waals surface area (Å²) in [5, 5.41) is 0. The first-order valence-electron chi connectivity index (χ1n) is 14.1. The van der Waals surface area contributed by atoms with Crippen LogP contribution in [0.1, 0.15) is 74.8 Å². The van der Waals surface area contributed by atoms with Gasteiger partial charge in [-0.2, -0.15) is 0 Å². The Hall–Kier alpha value is -4.89. The highest BCUT2D eigenvalue weighted by atomic mass is 32.2. The molecule has 0 atom stereocenters. The van der Waals surface area contributed by atoms with Crippen LogP contribution in [0.5, 0.6) is 11.5 Å². The quantitative estimate of drug-likeness (QED) is 0.144. The van der Waals surface area contributed by atoms with Crippen LogP contribution in [-0.4, -0.2) is 38.1 Å². The second kappa shape index (κ2) is 13.8. The van der Waals surface area contributed by atoms with Crippen molar-refractivity contribution in [2.75, 3.05) is 14.2 Å². The Morgan fingerprint density at radius 2 is 0.822 bits per heavy atom. The molecule has 0 bridgehead atoms.